The standard InChI is InChI=1S/C16H18ClN3O/c17-14-3-1-12(2-4-14)16(21)13-5-9-20(10-6-13)15-11-18-7-8-19-15/h1-4,7-8,11,13,16,21H,5-6,9-10H2/t16-/m1/s1. The van der Waals surface area contributed by atoms with Gasteiger partial charge in [-0.2, -0.15) is 0 Å². The number of aromatic nitrogens is 2. The number of hydrogen-bond acceptors (Lipinski definition) is 4. The summed E-state index contributed by atoms with van der Waals surface area (Å²) in [5.41, 5.74) is 0.942. The molecule has 21 heavy (non-hydrogen) atoms. The van der Waals surface area contributed by atoms with Gasteiger partial charge in [0.15, 0.2) is 0 Å². The van der Waals surface area contributed by atoms with E-state index in [2.05, 4.69) is 14.9 Å². The van der Waals surface area contributed by atoms with Crippen molar-refractivity contribution in [2.45, 2.75) is 18.9 Å². The lowest BCUT2D eigenvalue weighted by Crippen LogP contribution is -2.36. The van der Waals surface area contributed by atoms with Crippen LogP contribution >= 0.6 is 11.6 Å². The molecule has 110 valence electrons. The number of piperidine rings is 1. The first kappa shape index (κ1) is 14.3. The van der Waals surface area contributed by atoms with Gasteiger partial charge in [-0.1, -0.05) is 23.7 Å². The maximum absolute atomic E-state index is 10.5. The number of benzene rings is 1. The first-order chi connectivity index (χ1) is 10.2. The smallest absolute Gasteiger partial charge is 0.147 e. The predicted octanol–water partition coefficient (Wildman–Crippen LogP) is 3.08. The Morgan fingerprint density at radius 2 is 1.86 bits per heavy atom. The highest BCUT2D eigenvalue weighted by Gasteiger charge is 2.26. The van der Waals surface area contributed by atoms with Crippen molar-refractivity contribution in [1.82, 2.24) is 9.97 Å². The second-order valence-electron chi connectivity index (χ2n) is 5.38. The van der Waals surface area contributed by atoms with Gasteiger partial charge >= 0.3 is 0 Å². The van der Waals surface area contributed by atoms with E-state index in [0.717, 1.165) is 37.3 Å². The van der Waals surface area contributed by atoms with E-state index < -0.39 is 6.10 Å². The number of aliphatic hydroxyl groups excluding tert-OH is 1. The fraction of sp³-hybridized carbons (Fsp3) is 0.375. The van der Waals surface area contributed by atoms with Gasteiger partial charge in [0.25, 0.3) is 0 Å². The van der Waals surface area contributed by atoms with Crippen molar-refractivity contribution in [2.75, 3.05) is 18.0 Å². The summed E-state index contributed by atoms with van der Waals surface area (Å²) in [7, 11) is 0. The Kier molecular flexibility index (Phi) is 4.36. The Labute approximate surface area is 129 Å². The van der Waals surface area contributed by atoms with Gasteiger partial charge in [-0.25, -0.2) is 4.98 Å². The third kappa shape index (κ3) is 3.34. The summed E-state index contributed by atoms with van der Waals surface area (Å²) in [6.45, 7) is 1.79. The Morgan fingerprint density at radius 3 is 2.48 bits per heavy atom. The van der Waals surface area contributed by atoms with Crippen LogP contribution in [0, 0.1) is 5.92 Å². The maximum Gasteiger partial charge on any atom is 0.147 e. The highest BCUT2D eigenvalue weighted by molar-refractivity contribution is 6.30. The van der Waals surface area contributed by atoms with Gasteiger partial charge in [0.1, 0.15) is 5.82 Å². The first-order valence-electron chi connectivity index (χ1n) is 7.18. The molecule has 5 heteroatoms. The topological polar surface area (TPSA) is 49.2 Å². The quantitative estimate of drug-likeness (QED) is 0.946. The SMILES string of the molecule is O[C@H](c1ccc(Cl)cc1)C1CCN(c2cnccn2)CC1. The molecule has 0 bridgehead atoms. The van der Waals surface area contributed by atoms with Gasteiger partial charge in [0, 0.05) is 30.5 Å². The molecule has 0 radical (unpaired) electrons. The van der Waals surface area contributed by atoms with Crippen LogP contribution in [-0.4, -0.2) is 28.2 Å². The van der Waals surface area contributed by atoms with Crippen molar-refractivity contribution in [3.8, 4) is 0 Å². The van der Waals surface area contributed by atoms with Crippen LogP contribution in [0.2, 0.25) is 5.02 Å². The van der Waals surface area contributed by atoms with Crippen molar-refractivity contribution >= 4 is 17.4 Å². The molecule has 0 spiro atoms. The van der Waals surface area contributed by atoms with Crippen LogP contribution in [0.15, 0.2) is 42.9 Å². The molecule has 3 rings (SSSR count). The van der Waals surface area contributed by atoms with E-state index in [-0.39, 0.29) is 5.92 Å². The summed E-state index contributed by atoms with van der Waals surface area (Å²) in [5.74, 6) is 1.19. The number of aliphatic hydroxyl groups is 1. The highest BCUT2D eigenvalue weighted by atomic mass is 35.5. The summed E-state index contributed by atoms with van der Waals surface area (Å²) in [6.07, 6.45) is 6.65. The normalized spacial score (nSPS) is 17.7. The molecular formula is C16H18ClN3O. The minimum Gasteiger partial charge on any atom is -0.388 e. The van der Waals surface area contributed by atoms with Crippen LogP contribution < -0.4 is 4.90 Å². The maximum atomic E-state index is 10.5. The van der Waals surface area contributed by atoms with Crippen LogP contribution in [0.5, 0.6) is 0 Å². The van der Waals surface area contributed by atoms with Crippen molar-refractivity contribution in [2.24, 2.45) is 5.92 Å². The molecular weight excluding hydrogens is 286 g/mol. The summed E-state index contributed by atoms with van der Waals surface area (Å²) < 4.78 is 0. The lowest BCUT2D eigenvalue weighted by atomic mass is 9.87. The van der Waals surface area contributed by atoms with E-state index >= 15 is 0 Å². The van der Waals surface area contributed by atoms with Crippen LogP contribution in [0.25, 0.3) is 0 Å². The molecule has 1 fully saturated rings. The van der Waals surface area contributed by atoms with E-state index in [0.29, 0.717) is 5.02 Å². The number of hydrogen-bond donors (Lipinski definition) is 1. The van der Waals surface area contributed by atoms with Crippen molar-refractivity contribution in [3.05, 3.63) is 53.4 Å². The molecule has 1 N–H and O–H groups in total. The molecule has 0 amide bonds. The first-order valence-corrected chi connectivity index (χ1v) is 7.56. The number of anilines is 1. The lowest BCUT2D eigenvalue weighted by Gasteiger charge is -2.34. The minimum atomic E-state index is -0.425. The minimum absolute atomic E-state index is 0.277. The highest BCUT2D eigenvalue weighted by Crippen LogP contribution is 2.32. The summed E-state index contributed by atoms with van der Waals surface area (Å²) in [5, 5.41) is 11.2. The zero-order chi connectivity index (χ0) is 14.7. The van der Waals surface area contributed by atoms with Crippen LogP contribution in [0.3, 0.4) is 0 Å². The molecule has 2 aromatic rings. The molecule has 1 saturated heterocycles. The van der Waals surface area contributed by atoms with E-state index in [1.54, 1.807) is 18.6 Å². The van der Waals surface area contributed by atoms with Gasteiger partial charge in [-0.3, -0.25) is 4.98 Å². The summed E-state index contributed by atoms with van der Waals surface area (Å²) >= 11 is 5.89. The molecule has 0 unspecified atom stereocenters. The van der Waals surface area contributed by atoms with Crippen LogP contribution in [0.4, 0.5) is 5.82 Å². The Balaban J connectivity index is 1.61. The number of rotatable bonds is 3. The van der Waals surface area contributed by atoms with Gasteiger partial charge in [-0.15, -0.1) is 0 Å². The summed E-state index contributed by atoms with van der Waals surface area (Å²) in [4.78, 5) is 10.7. The Bertz CT molecular complexity index is 568. The van der Waals surface area contributed by atoms with E-state index in [4.69, 9.17) is 11.6 Å². The predicted molar refractivity (Wildman–Crippen MR) is 83.4 cm³/mol. The van der Waals surface area contributed by atoms with Crippen LogP contribution in [0.1, 0.15) is 24.5 Å². The number of nitrogens with zero attached hydrogens (tertiary/aromatic N) is 3. The van der Waals surface area contributed by atoms with Crippen molar-refractivity contribution in [3.63, 3.8) is 0 Å². The molecule has 0 saturated carbocycles. The zero-order valence-corrected chi connectivity index (χ0v) is 12.4. The molecule has 1 aliphatic heterocycles. The Morgan fingerprint density at radius 1 is 1.14 bits per heavy atom. The van der Waals surface area contributed by atoms with Crippen molar-refractivity contribution < 1.29 is 5.11 Å². The van der Waals surface area contributed by atoms with Gasteiger partial charge in [0.2, 0.25) is 0 Å². The fourth-order valence-electron chi connectivity index (χ4n) is 2.83. The third-order valence-corrected chi connectivity index (χ3v) is 4.32. The molecule has 1 atom stereocenters. The molecule has 1 aromatic heterocycles. The van der Waals surface area contributed by atoms with Gasteiger partial charge in [-0.05, 0) is 36.5 Å². The fourth-order valence-corrected chi connectivity index (χ4v) is 2.96. The Hall–Kier alpha value is -1.65. The summed E-state index contributed by atoms with van der Waals surface area (Å²) in [6, 6.07) is 7.47. The zero-order valence-electron chi connectivity index (χ0n) is 11.7. The second-order valence-corrected chi connectivity index (χ2v) is 5.82. The van der Waals surface area contributed by atoms with E-state index in [9.17, 15) is 5.11 Å². The largest absolute Gasteiger partial charge is 0.388 e. The van der Waals surface area contributed by atoms with E-state index in [1.165, 1.54) is 0 Å². The van der Waals surface area contributed by atoms with Gasteiger partial charge < -0.3 is 10.0 Å². The molecule has 0 aliphatic carbocycles. The van der Waals surface area contributed by atoms with E-state index in [1.807, 2.05) is 24.3 Å². The third-order valence-electron chi connectivity index (χ3n) is 4.07. The van der Waals surface area contributed by atoms with Gasteiger partial charge in [0.05, 0.1) is 12.3 Å². The lowest BCUT2D eigenvalue weighted by molar-refractivity contribution is 0.0929. The molecule has 4 nitrogen and oxygen atoms in total. The molecule has 2 heterocycles. The van der Waals surface area contributed by atoms with Crippen LogP contribution in [-0.2, 0) is 0 Å². The second kappa shape index (κ2) is 6.41. The molecule has 1 aromatic carbocycles. The van der Waals surface area contributed by atoms with Crippen molar-refractivity contribution in [1.29, 1.82) is 0 Å². The number of halogens is 1. The average Bonchev–Trinajstić information content (AvgIpc) is 2.56. The average molecular weight is 304 g/mol. The molecule has 1 aliphatic rings. The monoisotopic (exact) mass is 303 g/mol.